The van der Waals surface area contributed by atoms with Gasteiger partial charge < -0.3 is 5.43 Å². The van der Waals surface area contributed by atoms with Gasteiger partial charge in [0.1, 0.15) is 11.5 Å². The van der Waals surface area contributed by atoms with E-state index in [2.05, 4.69) is 10.4 Å². The Morgan fingerprint density at radius 3 is 2.37 bits per heavy atom. The van der Waals surface area contributed by atoms with Gasteiger partial charge in [-0.05, 0) is 31.5 Å². The normalized spacial score (nSPS) is 11.9. The highest BCUT2D eigenvalue weighted by atomic mass is 19.4. The summed E-state index contributed by atoms with van der Waals surface area (Å²) in [5.41, 5.74) is 1.43. The molecule has 0 saturated heterocycles. The molecule has 0 saturated carbocycles. The van der Waals surface area contributed by atoms with Crippen molar-refractivity contribution in [3.8, 4) is 0 Å². The van der Waals surface area contributed by atoms with E-state index in [1.54, 1.807) is 0 Å². The molecule has 3 nitrogen and oxygen atoms in total. The number of nitrogens with one attached hydrogen (secondary N) is 1. The van der Waals surface area contributed by atoms with Crippen LogP contribution in [0.1, 0.15) is 16.8 Å². The molecule has 0 unspecified atom stereocenters. The molecule has 3 N–H and O–H groups in total. The lowest BCUT2D eigenvalue weighted by atomic mass is 10.0. The molecule has 1 aromatic carbocycles. The highest BCUT2D eigenvalue weighted by Crippen LogP contribution is 2.37. The van der Waals surface area contributed by atoms with Crippen LogP contribution in [0.5, 0.6) is 0 Å². The Labute approximate surface area is 106 Å². The van der Waals surface area contributed by atoms with E-state index in [1.807, 2.05) is 0 Å². The lowest BCUT2D eigenvalue weighted by Crippen LogP contribution is -2.16. The van der Waals surface area contributed by atoms with Gasteiger partial charge in [-0.15, -0.1) is 0 Å². The van der Waals surface area contributed by atoms with Crippen LogP contribution < -0.4 is 11.3 Å². The summed E-state index contributed by atoms with van der Waals surface area (Å²) in [5.74, 6) is 4.71. The van der Waals surface area contributed by atoms with Gasteiger partial charge >= 0.3 is 6.18 Å². The topological polar surface area (TPSA) is 50.9 Å². The fraction of sp³-hybridized carbons (Fsp3) is 0.250. The molecule has 0 atom stereocenters. The van der Waals surface area contributed by atoms with E-state index in [-0.39, 0.29) is 22.2 Å². The van der Waals surface area contributed by atoms with Crippen LogP contribution in [0.4, 0.5) is 23.2 Å². The van der Waals surface area contributed by atoms with Crippen LogP contribution in [0.2, 0.25) is 0 Å². The van der Waals surface area contributed by atoms with Gasteiger partial charge in [-0.1, -0.05) is 0 Å². The second-order valence-electron chi connectivity index (χ2n) is 4.22. The summed E-state index contributed by atoms with van der Waals surface area (Å²) >= 11 is 0. The molecular formula is C12H11F4N3. The highest BCUT2D eigenvalue weighted by molar-refractivity contribution is 5.95. The Kier molecular flexibility index (Phi) is 3.09. The zero-order valence-corrected chi connectivity index (χ0v) is 10.2. The summed E-state index contributed by atoms with van der Waals surface area (Å²) < 4.78 is 52.1. The third-order valence-electron chi connectivity index (χ3n) is 2.90. The first-order valence-corrected chi connectivity index (χ1v) is 5.40. The molecule has 2 rings (SSSR count). The fourth-order valence-corrected chi connectivity index (χ4v) is 2.05. The minimum absolute atomic E-state index is 0.0277. The van der Waals surface area contributed by atoms with Gasteiger partial charge in [0.05, 0.1) is 11.2 Å². The Hall–Kier alpha value is -1.89. The molecule has 0 spiro atoms. The maximum absolute atomic E-state index is 13.4. The van der Waals surface area contributed by atoms with Crippen LogP contribution in [0.3, 0.4) is 0 Å². The van der Waals surface area contributed by atoms with Crippen LogP contribution in [0.25, 0.3) is 10.9 Å². The second kappa shape index (κ2) is 4.34. The molecule has 0 aliphatic carbocycles. The molecule has 2 aromatic rings. The molecule has 19 heavy (non-hydrogen) atoms. The van der Waals surface area contributed by atoms with Crippen LogP contribution in [0, 0.1) is 19.7 Å². The van der Waals surface area contributed by atoms with Gasteiger partial charge in [0.2, 0.25) is 0 Å². The number of hydrogen-bond acceptors (Lipinski definition) is 3. The number of nitrogens with zero attached hydrogens (tertiary/aromatic N) is 1. The molecule has 0 aliphatic heterocycles. The molecule has 7 heteroatoms. The molecular weight excluding hydrogens is 262 g/mol. The third kappa shape index (κ3) is 2.21. The minimum atomic E-state index is -4.59. The maximum Gasteiger partial charge on any atom is 0.433 e. The number of rotatable bonds is 1. The number of nitrogen functional groups attached to an aromatic ring is 1. The maximum atomic E-state index is 13.4. The monoisotopic (exact) mass is 273 g/mol. The SMILES string of the molecule is Cc1c(C(F)(F)F)nc2c(C)cc(F)cc2c1NN. The number of pyridine rings is 1. The Balaban J connectivity index is 2.95. The largest absolute Gasteiger partial charge is 0.433 e. The predicted octanol–water partition coefficient (Wildman–Crippen LogP) is 3.30. The van der Waals surface area contributed by atoms with Crippen molar-refractivity contribution in [3.05, 3.63) is 34.8 Å². The van der Waals surface area contributed by atoms with Crippen molar-refractivity contribution in [2.45, 2.75) is 20.0 Å². The average Bonchev–Trinajstić information content (AvgIpc) is 2.26. The first kappa shape index (κ1) is 13.5. The molecule has 0 amide bonds. The molecule has 1 aromatic heterocycles. The summed E-state index contributed by atoms with van der Waals surface area (Å²) in [6.45, 7) is 2.74. The van der Waals surface area contributed by atoms with Crippen molar-refractivity contribution in [1.82, 2.24) is 4.98 Å². The van der Waals surface area contributed by atoms with Crippen molar-refractivity contribution in [2.24, 2.45) is 5.84 Å². The lowest BCUT2D eigenvalue weighted by molar-refractivity contribution is -0.141. The predicted molar refractivity (Wildman–Crippen MR) is 64.0 cm³/mol. The summed E-state index contributed by atoms with van der Waals surface area (Å²) in [5, 5.41) is 0.227. The van der Waals surface area contributed by atoms with Crippen LogP contribution >= 0.6 is 0 Å². The number of aryl methyl sites for hydroxylation is 1. The Morgan fingerprint density at radius 2 is 1.84 bits per heavy atom. The van der Waals surface area contributed by atoms with Gasteiger partial charge in [0, 0.05) is 10.9 Å². The van der Waals surface area contributed by atoms with Crippen molar-refractivity contribution in [3.63, 3.8) is 0 Å². The smallest absolute Gasteiger partial charge is 0.323 e. The number of halogens is 4. The first-order chi connectivity index (χ1) is 8.75. The number of aromatic nitrogens is 1. The highest BCUT2D eigenvalue weighted by Gasteiger charge is 2.36. The molecule has 0 fully saturated rings. The van der Waals surface area contributed by atoms with E-state index in [1.165, 1.54) is 13.8 Å². The Bertz CT molecular complexity index is 650. The molecule has 0 aliphatic rings. The third-order valence-corrected chi connectivity index (χ3v) is 2.90. The van der Waals surface area contributed by atoms with Gasteiger partial charge in [-0.25, -0.2) is 9.37 Å². The minimum Gasteiger partial charge on any atom is -0.323 e. The van der Waals surface area contributed by atoms with Crippen molar-refractivity contribution >= 4 is 16.6 Å². The zero-order valence-electron chi connectivity index (χ0n) is 10.2. The van der Waals surface area contributed by atoms with E-state index in [9.17, 15) is 17.6 Å². The average molecular weight is 273 g/mol. The van der Waals surface area contributed by atoms with E-state index in [4.69, 9.17) is 5.84 Å². The van der Waals surface area contributed by atoms with E-state index >= 15 is 0 Å². The van der Waals surface area contributed by atoms with Crippen molar-refractivity contribution in [2.75, 3.05) is 5.43 Å². The number of hydrazine groups is 1. The molecule has 0 radical (unpaired) electrons. The van der Waals surface area contributed by atoms with Gasteiger partial charge in [-0.2, -0.15) is 13.2 Å². The molecule has 1 heterocycles. The lowest BCUT2D eigenvalue weighted by Gasteiger charge is -2.16. The van der Waals surface area contributed by atoms with Gasteiger partial charge in [0.15, 0.2) is 0 Å². The second-order valence-corrected chi connectivity index (χ2v) is 4.22. The van der Waals surface area contributed by atoms with Gasteiger partial charge in [-0.3, -0.25) is 5.84 Å². The number of hydrogen-bond donors (Lipinski definition) is 2. The summed E-state index contributed by atoms with van der Waals surface area (Å²) in [7, 11) is 0. The van der Waals surface area contributed by atoms with Crippen molar-refractivity contribution < 1.29 is 17.6 Å². The molecule has 102 valence electrons. The number of anilines is 1. The first-order valence-electron chi connectivity index (χ1n) is 5.40. The van der Waals surface area contributed by atoms with Crippen molar-refractivity contribution in [1.29, 1.82) is 0 Å². The van der Waals surface area contributed by atoms with E-state index in [0.717, 1.165) is 12.1 Å². The van der Waals surface area contributed by atoms with Gasteiger partial charge in [0.25, 0.3) is 0 Å². The van der Waals surface area contributed by atoms with E-state index < -0.39 is 17.7 Å². The van der Waals surface area contributed by atoms with E-state index in [0.29, 0.717) is 5.56 Å². The number of benzene rings is 1. The van der Waals surface area contributed by atoms with Crippen LogP contribution in [-0.2, 0) is 6.18 Å². The number of alkyl halides is 3. The number of nitrogens with two attached hydrogens (primary N) is 1. The summed E-state index contributed by atoms with van der Waals surface area (Å²) in [6, 6.07) is 2.24. The quantitative estimate of drug-likeness (QED) is 0.476. The van der Waals surface area contributed by atoms with Crippen LogP contribution in [-0.4, -0.2) is 4.98 Å². The number of fused-ring (bicyclic) bond motifs is 1. The summed E-state index contributed by atoms with van der Waals surface area (Å²) in [6.07, 6.45) is -4.59. The summed E-state index contributed by atoms with van der Waals surface area (Å²) in [4.78, 5) is 3.61. The fourth-order valence-electron chi connectivity index (χ4n) is 2.05. The van der Waals surface area contributed by atoms with Crippen LogP contribution in [0.15, 0.2) is 12.1 Å². The molecule has 0 bridgehead atoms. The zero-order chi connectivity index (χ0) is 14.4. The standard InChI is InChI=1S/C12H11F4N3/c1-5-3-7(13)4-8-9(5)18-11(12(14,15)16)6(2)10(8)19-17/h3-4H,17H2,1-2H3,(H,18,19). The Morgan fingerprint density at radius 1 is 1.21 bits per heavy atom.